The number of carbonyl (C=O) groups is 1. The molecule has 6 heteroatoms. The van der Waals surface area contributed by atoms with Gasteiger partial charge in [-0.15, -0.1) is 0 Å². The molecular weight excluding hydrogens is 328 g/mol. The number of piperidine rings is 1. The highest BCUT2D eigenvalue weighted by Crippen LogP contribution is 2.26. The van der Waals surface area contributed by atoms with Crippen molar-refractivity contribution in [3.05, 3.63) is 53.6 Å². The molecule has 2 aliphatic rings. The predicted molar refractivity (Wildman–Crippen MR) is 98.1 cm³/mol. The lowest BCUT2D eigenvalue weighted by molar-refractivity contribution is 0.178. The Balaban J connectivity index is 1.34. The van der Waals surface area contributed by atoms with Crippen LogP contribution in [0.25, 0.3) is 0 Å². The van der Waals surface area contributed by atoms with Gasteiger partial charge in [0.1, 0.15) is 12.1 Å². The van der Waals surface area contributed by atoms with Crippen molar-refractivity contribution < 1.29 is 9.53 Å². The van der Waals surface area contributed by atoms with Crippen LogP contribution in [0.15, 0.2) is 36.8 Å². The summed E-state index contributed by atoms with van der Waals surface area (Å²) >= 11 is 0. The monoisotopic (exact) mass is 352 g/mol. The molecule has 0 radical (unpaired) electrons. The topological polar surface area (TPSA) is 67.3 Å². The van der Waals surface area contributed by atoms with E-state index < -0.39 is 0 Å². The minimum absolute atomic E-state index is 0.00210. The molecule has 1 unspecified atom stereocenters. The fourth-order valence-electron chi connectivity index (χ4n) is 3.76. The van der Waals surface area contributed by atoms with Gasteiger partial charge in [-0.2, -0.15) is 0 Å². The van der Waals surface area contributed by atoms with Gasteiger partial charge in [-0.05, 0) is 48.9 Å². The summed E-state index contributed by atoms with van der Waals surface area (Å²) in [6.45, 7) is 2.85. The Hall–Kier alpha value is -2.63. The molecule has 136 valence electrons. The number of carbonyl (C=O) groups excluding carboxylic acids is 1. The molecule has 1 fully saturated rings. The van der Waals surface area contributed by atoms with Crippen LogP contribution in [0.3, 0.4) is 0 Å². The van der Waals surface area contributed by atoms with Crippen LogP contribution in [0, 0.1) is 0 Å². The van der Waals surface area contributed by atoms with Gasteiger partial charge < -0.3 is 15.0 Å². The summed E-state index contributed by atoms with van der Waals surface area (Å²) in [5, 5.41) is 3.06. The number of nitrogens with one attached hydrogen (secondary N) is 1. The molecule has 1 N–H and O–H groups in total. The van der Waals surface area contributed by atoms with Crippen molar-refractivity contribution >= 4 is 6.03 Å². The van der Waals surface area contributed by atoms with Crippen LogP contribution in [0.2, 0.25) is 0 Å². The fourth-order valence-corrected chi connectivity index (χ4v) is 3.76. The largest absolute Gasteiger partial charge is 0.493 e. The van der Waals surface area contributed by atoms with E-state index in [1.807, 2.05) is 23.1 Å². The molecule has 0 bridgehead atoms. The van der Waals surface area contributed by atoms with E-state index in [1.54, 1.807) is 12.5 Å². The number of hydrogen-bond donors (Lipinski definition) is 1. The Morgan fingerprint density at radius 3 is 3.15 bits per heavy atom. The number of rotatable bonds is 3. The Bertz CT molecular complexity index is 766. The van der Waals surface area contributed by atoms with E-state index in [2.05, 4.69) is 21.4 Å². The van der Waals surface area contributed by atoms with Gasteiger partial charge in [-0.3, -0.25) is 0 Å². The third-order valence-electron chi connectivity index (χ3n) is 5.15. The number of aryl methyl sites for hydroxylation is 1. The van der Waals surface area contributed by atoms with E-state index in [0.717, 1.165) is 55.8 Å². The highest BCUT2D eigenvalue weighted by atomic mass is 16.5. The van der Waals surface area contributed by atoms with Gasteiger partial charge in [0.05, 0.1) is 6.61 Å². The van der Waals surface area contributed by atoms with Crippen molar-refractivity contribution in [1.29, 1.82) is 0 Å². The SMILES string of the molecule is O=C(NCc1ccc2c(c1)CCCO2)N1CCCC(c2ccncn2)C1. The minimum Gasteiger partial charge on any atom is -0.493 e. The van der Waals surface area contributed by atoms with E-state index in [9.17, 15) is 4.79 Å². The third kappa shape index (κ3) is 3.79. The molecule has 6 nitrogen and oxygen atoms in total. The van der Waals surface area contributed by atoms with Crippen LogP contribution in [0.1, 0.15) is 42.0 Å². The molecule has 2 aromatic rings. The second kappa shape index (κ2) is 7.72. The van der Waals surface area contributed by atoms with E-state index in [4.69, 9.17) is 4.74 Å². The van der Waals surface area contributed by atoms with Crippen molar-refractivity contribution in [1.82, 2.24) is 20.2 Å². The molecule has 0 spiro atoms. The Morgan fingerprint density at radius 2 is 2.27 bits per heavy atom. The van der Waals surface area contributed by atoms with Gasteiger partial charge in [0.2, 0.25) is 0 Å². The van der Waals surface area contributed by atoms with Gasteiger partial charge in [0, 0.05) is 37.4 Å². The smallest absolute Gasteiger partial charge is 0.317 e. The van der Waals surface area contributed by atoms with Crippen LogP contribution in [0.4, 0.5) is 4.79 Å². The molecule has 2 amide bonds. The zero-order chi connectivity index (χ0) is 17.8. The van der Waals surface area contributed by atoms with Gasteiger partial charge in [0.15, 0.2) is 0 Å². The minimum atomic E-state index is -0.00210. The molecule has 0 aliphatic carbocycles. The van der Waals surface area contributed by atoms with Gasteiger partial charge >= 0.3 is 6.03 Å². The Labute approximate surface area is 153 Å². The predicted octanol–water partition coefficient (Wildman–Crippen LogP) is 2.89. The summed E-state index contributed by atoms with van der Waals surface area (Å²) in [5.74, 6) is 1.27. The zero-order valence-electron chi connectivity index (χ0n) is 14.9. The van der Waals surface area contributed by atoms with Crippen molar-refractivity contribution in [2.24, 2.45) is 0 Å². The van der Waals surface area contributed by atoms with E-state index in [1.165, 1.54) is 5.56 Å². The van der Waals surface area contributed by atoms with Crippen LogP contribution in [0.5, 0.6) is 5.75 Å². The number of nitrogens with zero attached hydrogens (tertiary/aromatic N) is 3. The lowest BCUT2D eigenvalue weighted by Crippen LogP contribution is -2.44. The standard InChI is InChI=1S/C20H24N4O2/c25-20(22-12-15-5-6-19-16(11-15)4-2-10-26-19)24-9-1-3-17(13-24)18-7-8-21-14-23-18/h5-8,11,14,17H,1-4,9-10,12-13H2,(H,22,25). The first-order chi connectivity index (χ1) is 12.8. The lowest BCUT2D eigenvalue weighted by atomic mass is 9.95. The van der Waals surface area contributed by atoms with Crippen LogP contribution in [-0.2, 0) is 13.0 Å². The number of likely N-dealkylation sites (tertiary alicyclic amines) is 1. The average molecular weight is 352 g/mol. The number of aromatic nitrogens is 2. The first kappa shape index (κ1) is 16.8. The van der Waals surface area contributed by atoms with Crippen molar-refractivity contribution in [3.8, 4) is 5.75 Å². The van der Waals surface area contributed by atoms with Gasteiger partial charge in [0.25, 0.3) is 0 Å². The average Bonchev–Trinajstić information content (AvgIpc) is 2.72. The molecule has 1 saturated heterocycles. The third-order valence-corrected chi connectivity index (χ3v) is 5.15. The summed E-state index contributed by atoms with van der Waals surface area (Å²) < 4.78 is 5.65. The number of ether oxygens (including phenoxy) is 1. The lowest BCUT2D eigenvalue weighted by Gasteiger charge is -2.32. The van der Waals surface area contributed by atoms with E-state index in [-0.39, 0.29) is 6.03 Å². The number of benzene rings is 1. The Kier molecular flexibility index (Phi) is 5.00. The second-order valence-corrected chi connectivity index (χ2v) is 6.97. The normalized spacial score (nSPS) is 19.4. The number of hydrogen-bond acceptors (Lipinski definition) is 4. The van der Waals surface area contributed by atoms with Gasteiger partial charge in [-0.1, -0.05) is 12.1 Å². The summed E-state index contributed by atoms with van der Waals surface area (Å²) in [6.07, 6.45) is 7.50. The quantitative estimate of drug-likeness (QED) is 0.922. The first-order valence-electron chi connectivity index (χ1n) is 9.33. The maximum atomic E-state index is 12.6. The number of amides is 2. The van der Waals surface area contributed by atoms with E-state index >= 15 is 0 Å². The van der Waals surface area contributed by atoms with Crippen LogP contribution in [-0.4, -0.2) is 40.6 Å². The molecule has 0 saturated carbocycles. The maximum absolute atomic E-state index is 12.6. The van der Waals surface area contributed by atoms with Crippen molar-refractivity contribution in [3.63, 3.8) is 0 Å². The molecule has 4 rings (SSSR count). The highest BCUT2D eigenvalue weighted by molar-refractivity contribution is 5.74. The molecule has 3 heterocycles. The first-order valence-corrected chi connectivity index (χ1v) is 9.33. The van der Waals surface area contributed by atoms with Gasteiger partial charge in [-0.25, -0.2) is 14.8 Å². The summed E-state index contributed by atoms with van der Waals surface area (Å²) in [7, 11) is 0. The highest BCUT2D eigenvalue weighted by Gasteiger charge is 2.25. The second-order valence-electron chi connectivity index (χ2n) is 6.97. The summed E-state index contributed by atoms with van der Waals surface area (Å²) in [6, 6.07) is 8.14. The molecule has 1 aromatic carbocycles. The number of urea groups is 1. The number of fused-ring (bicyclic) bond motifs is 1. The van der Waals surface area contributed by atoms with Crippen LogP contribution < -0.4 is 10.1 Å². The molecule has 1 aromatic heterocycles. The molecule has 2 aliphatic heterocycles. The molecular formula is C20H24N4O2. The maximum Gasteiger partial charge on any atom is 0.317 e. The molecule has 1 atom stereocenters. The van der Waals surface area contributed by atoms with Crippen LogP contribution >= 0.6 is 0 Å². The van der Waals surface area contributed by atoms with Crippen molar-refractivity contribution in [2.45, 2.75) is 38.1 Å². The zero-order valence-corrected chi connectivity index (χ0v) is 14.9. The summed E-state index contributed by atoms with van der Waals surface area (Å²) in [5.41, 5.74) is 3.38. The summed E-state index contributed by atoms with van der Waals surface area (Å²) in [4.78, 5) is 22.8. The molecule has 26 heavy (non-hydrogen) atoms. The van der Waals surface area contributed by atoms with E-state index in [0.29, 0.717) is 19.0 Å². The Morgan fingerprint density at radius 1 is 1.31 bits per heavy atom. The van der Waals surface area contributed by atoms with Crippen molar-refractivity contribution in [2.75, 3.05) is 19.7 Å². The fraction of sp³-hybridized carbons (Fsp3) is 0.450.